The number of benzene rings is 2. The average Bonchev–Trinajstić information content (AvgIpc) is 2.63. The van der Waals surface area contributed by atoms with Crippen LogP contribution in [0, 0.1) is 6.92 Å². The molecule has 138 valence electrons. The number of ether oxygens (including phenoxy) is 1. The smallest absolute Gasteiger partial charge is 0.238 e. The van der Waals surface area contributed by atoms with E-state index in [0.29, 0.717) is 12.6 Å². The summed E-state index contributed by atoms with van der Waals surface area (Å²) in [6.07, 6.45) is 0. The summed E-state index contributed by atoms with van der Waals surface area (Å²) in [6.45, 7) is 7.43. The number of amides is 1. The third kappa shape index (κ3) is 4.55. The van der Waals surface area contributed by atoms with Gasteiger partial charge in [0.25, 0.3) is 0 Å². The number of piperazine rings is 1. The van der Waals surface area contributed by atoms with Gasteiger partial charge in [0.05, 0.1) is 13.7 Å². The van der Waals surface area contributed by atoms with Crippen molar-refractivity contribution in [1.29, 1.82) is 0 Å². The number of anilines is 2. The Balaban J connectivity index is 1.52. The van der Waals surface area contributed by atoms with Crippen LogP contribution in [0.25, 0.3) is 0 Å². The summed E-state index contributed by atoms with van der Waals surface area (Å²) in [6, 6.07) is 16.4. The quantitative estimate of drug-likeness (QED) is 0.897. The molecule has 1 aliphatic rings. The lowest BCUT2D eigenvalue weighted by molar-refractivity contribution is -0.117. The second-order valence-corrected chi connectivity index (χ2v) is 6.89. The molecular formula is C21H27N3O2. The summed E-state index contributed by atoms with van der Waals surface area (Å²) in [4.78, 5) is 17.0. The van der Waals surface area contributed by atoms with Crippen molar-refractivity contribution in [3.63, 3.8) is 0 Å². The molecule has 1 saturated heterocycles. The molecule has 0 aromatic heterocycles. The Morgan fingerprint density at radius 1 is 1.12 bits per heavy atom. The van der Waals surface area contributed by atoms with Crippen molar-refractivity contribution < 1.29 is 9.53 Å². The highest BCUT2D eigenvalue weighted by Crippen LogP contribution is 2.21. The van der Waals surface area contributed by atoms with E-state index in [1.165, 1.54) is 11.3 Å². The van der Waals surface area contributed by atoms with Gasteiger partial charge in [0.2, 0.25) is 5.91 Å². The number of nitrogens with zero attached hydrogens (tertiary/aromatic N) is 2. The van der Waals surface area contributed by atoms with E-state index >= 15 is 0 Å². The van der Waals surface area contributed by atoms with Crippen molar-refractivity contribution in [1.82, 2.24) is 4.90 Å². The Morgan fingerprint density at radius 2 is 1.81 bits per heavy atom. The maximum absolute atomic E-state index is 12.3. The molecule has 3 rings (SSSR count). The van der Waals surface area contributed by atoms with Crippen molar-refractivity contribution >= 4 is 17.3 Å². The molecule has 0 spiro atoms. The number of nitrogens with one attached hydrogen (secondary N) is 1. The molecule has 0 aliphatic carbocycles. The predicted molar refractivity (Wildman–Crippen MR) is 106 cm³/mol. The van der Waals surface area contributed by atoms with E-state index in [-0.39, 0.29) is 5.91 Å². The fraction of sp³-hybridized carbons (Fsp3) is 0.381. The number of carbonyl (C=O) groups excluding carboxylic acids is 1. The molecule has 1 amide bonds. The number of methoxy groups -OCH3 is 1. The van der Waals surface area contributed by atoms with Gasteiger partial charge in [0.1, 0.15) is 5.75 Å². The average molecular weight is 353 g/mol. The second kappa shape index (κ2) is 8.23. The van der Waals surface area contributed by atoms with Gasteiger partial charge in [-0.3, -0.25) is 9.69 Å². The van der Waals surface area contributed by atoms with Crippen LogP contribution in [0.2, 0.25) is 0 Å². The normalized spacial score (nSPS) is 17.8. The van der Waals surface area contributed by atoms with Gasteiger partial charge < -0.3 is 15.0 Å². The summed E-state index contributed by atoms with van der Waals surface area (Å²) < 4.78 is 5.13. The third-order valence-corrected chi connectivity index (χ3v) is 4.82. The first-order valence-electron chi connectivity index (χ1n) is 9.05. The summed E-state index contributed by atoms with van der Waals surface area (Å²) in [7, 11) is 1.63. The molecule has 1 atom stereocenters. The van der Waals surface area contributed by atoms with Crippen LogP contribution >= 0.6 is 0 Å². The minimum atomic E-state index is 0.0196. The van der Waals surface area contributed by atoms with Gasteiger partial charge in [-0.2, -0.15) is 0 Å². The maximum atomic E-state index is 12.3. The van der Waals surface area contributed by atoms with Crippen LogP contribution in [0.1, 0.15) is 12.5 Å². The Morgan fingerprint density at radius 3 is 2.42 bits per heavy atom. The monoisotopic (exact) mass is 353 g/mol. The van der Waals surface area contributed by atoms with Gasteiger partial charge in [-0.05, 0) is 50.2 Å². The highest BCUT2D eigenvalue weighted by atomic mass is 16.5. The molecule has 2 aromatic rings. The van der Waals surface area contributed by atoms with E-state index in [9.17, 15) is 4.79 Å². The van der Waals surface area contributed by atoms with E-state index in [0.717, 1.165) is 31.1 Å². The fourth-order valence-electron chi connectivity index (χ4n) is 3.37. The number of hydrogen-bond donors (Lipinski definition) is 1. The molecule has 26 heavy (non-hydrogen) atoms. The zero-order valence-corrected chi connectivity index (χ0v) is 15.7. The SMILES string of the molecule is COc1ccc(NC(=O)CN2CCN(c3ccc(C)cc3)[C@@H](C)C2)cc1. The van der Waals surface area contributed by atoms with Crippen LogP contribution < -0.4 is 15.0 Å². The zero-order valence-electron chi connectivity index (χ0n) is 15.7. The van der Waals surface area contributed by atoms with Crippen molar-refractivity contribution in [2.75, 3.05) is 43.5 Å². The molecular weight excluding hydrogens is 326 g/mol. The maximum Gasteiger partial charge on any atom is 0.238 e. The second-order valence-electron chi connectivity index (χ2n) is 6.89. The summed E-state index contributed by atoms with van der Waals surface area (Å²) in [5.74, 6) is 0.801. The van der Waals surface area contributed by atoms with Crippen molar-refractivity contribution in [3.8, 4) is 5.75 Å². The predicted octanol–water partition coefficient (Wildman–Crippen LogP) is 3.15. The van der Waals surface area contributed by atoms with Crippen LogP contribution in [-0.4, -0.2) is 50.1 Å². The lowest BCUT2D eigenvalue weighted by Gasteiger charge is -2.41. The van der Waals surface area contributed by atoms with Gasteiger partial charge >= 0.3 is 0 Å². The molecule has 5 heteroatoms. The minimum Gasteiger partial charge on any atom is -0.497 e. The first-order chi connectivity index (χ1) is 12.5. The molecule has 0 bridgehead atoms. The largest absolute Gasteiger partial charge is 0.497 e. The first kappa shape index (κ1) is 18.3. The molecule has 0 unspecified atom stereocenters. The van der Waals surface area contributed by atoms with Crippen LogP contribution in [0.5, 0.6) is 5.75 Å². The van der Waals surface area contributed by atoms with Crippen LogP contribution in [0.15, 0.2) is 48.5 Å². The lowest BCUT2D eigenvalue weighted by atomic mass is 10.1. The Hall–Kier alpha value is -2.53. The standard InChI is InChI=1S/C21H27N3O2/c1-16-4-8-19(9-5-16)24-13-12-23(14-17(24)2)15-21(25)22-18-6-10-20(26-3)11-7-18/h4-11,17H,12-15H2,1-3H3,(H,22,25)/t17-/m0/s1. The molecule has 1 fully saturated rings. The molecule has 1 N–H and O–H groups in total. The highest BCUT2D eigenvalue weighted by Gasteiger charge is 2.25. The molecule has 0 saturated carbocycles. The molecule has 0 radical (unpaired) electrons. The molecule has 2 aromatic carbocycles. The summed E-state index contributed by atoms with van der Waals surface area (Å²) in [5.41, 5.74) is 3.32. The molecule has 1 heterocycles. The van der Waals surface area contributed by atoms with Gasteiger partial charge in [-0.15, -0.1) is 0 Å². The van der Waals surface area contributed by atoms with E-state index in [1.807, 2.05) is 24.3 Å². The minimum absolute atomic E-state index is 0.0196. The van der Waals surface area contributed by atoms with Crippen molar-refractivity contribution in [2.24, 2.45) is 0 Å². The van der Waals surface area contributed by atoms with Gasteiger partial charge in [-0.1, -0.05) is 17.7 Å². The van der Waals surface area contributed by atoms with Gasteiger partial charge in [0.15, 0.2) is 0 Å². The summed E-state index contributed by atoms with van der Waals surface area (Å²) >= 11 is 0. The van der Waals surface area contributed by atoms with Crippen molar-refractivity contribution in [2.45, 2.75) is 19.9 Å². The Labute approximate surface area is 155 Å². The number of hydrogen-bond acceptors (Lipinski definition) is 4. The molecule has 1 aliphatic heterocycles. The van der Waals surface area contributed by atoms with Crippen LogP contribution in [-0.2, 0) is 4.79 Å². The fourth-order valence-corrected chi connectivity index (χ4v) is 3.37. The van der Waals surface area contributed by atoms with E-state index in [1.54, 1.807) is 7.11 Å². The Bertz CT molecular complexity index is 728. The Kier molecular flexibility index (Phi) is 5.78. The van der Waals surface area contributed by atoms with Gasteiger partial charge in [0, 0.05) is 37.1 Å². The highest BCUT2D eigenvalue weighted by molar-refractivity contribution is 5.92. The van der Waals surface area contributed by atoms with Gasteiger partial charge in [-0.25, -0.2) is 0 Å². The number of rotatable bonds is 5. The van der Waals surface area contributed by atoms with E-state index in [2.05, 4.69) is 53.2 Å². The summed E-state index contributed by atoms with van der Waals surface area (Å²) in [5, 5.41) is 2.95. The third-order valence-electron chi connectivity index (χ3n) is 4.82. The first-order valence-corrected chi connectivity index (χ1v) is 9.05. The van der Waals surface area contributed by atoms with Crippen LogP contribution in [0.3, 0.4) is 0 Å². The number of carbonyl (C=O) groups is 1. The lowest BCUT2D eigenvalue weighted by Crippen LogP contribution is -2.53. The topological polar surface area (TPSA) is 44.8 Å². The van der Waals surface area contributed by atoms with E-state index < -0.39 is 0 Å². The molecule has 5 nitrogen and oxygen atoms in total. The van der Waals surface area contributed by atoms with E-state index in [4.69, 9.17) is 4.74 Å². The van der Waals surface area contributed by atoms with Crippen LogP contribution in [0.4, 0.5) is 11.4 Å². The number of aryl methyl sites for hydroxylation is 1. The van der Waals surface area contributed by atoms with Crippen molar-refractivity contribution in [3.05, 3.63) is 54.1 Å². The zero-order chi connectivity index (χ0) is 18.5.